The lowest BCUT2D eigenvalue weighted by atomic mass is 10.1. The number of nitrogens with zero attached hydrogens (tertiary/aromatic N) is 2. The van der Waals surface area contributed by atoms with Gasteiger partial charge in [-0.3, -0.25) is 9.79 Å². The van der Waals surface area contributed by atoms with Crippen molar-refractivity contribution in [3.05, 3.63) is 59.7 Å². The maximum atomic E-state index is 12.5. The lowest BCUT2D eigenvalue weighted by Gasteiger charge is -2.19. The van der Waals surface area contributed by atoms with Gasteiger partial charge >= 0.3 is 0 Å². The standard InChI is InChI=1S/C24H32N4O3/c1-18(31-22-12-7-6-11-21(22)30-3)15-27-24(25-2)26-14-8-13-23(29)28-16-19-9-4-5-10-20(19)17-28/h4-7,9-12,18H,8,13-17H2,1-3H3,(H2,25,26,27). The quantitative estimate of drug-likeness (QED) is 0.368. The fourth-order valence-electron chi connectivity index (χ4n) is 3.55. The third kappa shape index (κ3) is 6.38. The molecular weight excluding hydrogens is 392 g/mol. The molecule has 0 aromatic heterocycles. The molecule has 2 N–H and O–H groups in total. The Balaban J connectivity index is 1.34. The molecule has 0 saturated carbocycles. The Labute approximate surface area is 184 Å². The number of benzene rings is 2. The summed E-state index contributed by atoms with van der Waals surface area (Å²) in [6.45, 7) is 4.68. The van der Waals surface area contributed by atoms with E-state index in [0.717, 1.165) is 19.5 Å². The highest BCUT2D eigenvalue weighted by atomic mass is 16.5. The molecule has 3 rings (SSSR count). The Morgan fingerprint density at radius 2 is 1.71 bits per heavy atom. The number of fused-ring (bicyclic) bond motifs is 1. The summed E-state index contributed by atoms with van der Waals surface area (Å²) in [6.07, 6.45) is 1.19. The van der Waals surface area contributed by atoms with Gasteiger partial charge in [0.1, 0.15) is 6.10 Å². The van der Waals surface area contributed by atoms with Gasteiger partial charge in [0, 0.05) is 33.1 Å². The van der Waals surface area contributed by atoms with Crippen LogP contribution in [0.3, 0.4) is 0 Å². The van der Waals surface area contributed by atoms with Gasteiger partial charge in [0.25, 0.3) is 0 Å². The molecule has 7 nitrogen and oxygen atoms in total. The highest BCUT2D eigenvalue weighted by Crippen LogP contribution is 2.26. The molecule has 31 heavy (non-hydrogen) atoms. The van der Waals surface area contributed by atoms with E-state index in [1.165, 1.54) is 11.1 Å². The van der Waals surface area contributed by atoms with Crippen molar-refractivity contribution >= 4 is 11.9 Å². The average molecular weight is 425 g/mol. The molecule has 1 atom stereocenters. The van der Waals surface area contributed by atoms with E-state index in [4.69, 9.17) is 9.47 Å². The zero-order valence-electron chi connectivity index (χ0n) is 18.6. The molecule has 0 fully saturated rings. The van der Waals surface area contributed by atoms with Gasteiger partial charge in [0.05, 0.1) is 13.7 Å². The summed E-state index contributed by atoms with van der Waals surface area (Å²) < 4.78 is 11.3. The van der Waals surface area contributed by atoms with Gasteiger partial charge < -0.3 is 25.0 Å². The number of aliphatic imine (C=N–C) groups is 1. The zero-order valence-corrected chi connectivity index (χ0v) is 18.6. The van der Waals surface area contributed by atoms with Crippen molar-refractivity contribution in [3.8, 4) is 11.5 Å². The van der Waals surface area contributed by atoms with E-state index in [0.29, 0.717) is 37.0 Å². The maximum absolute atomic E-state index is 12.5. The highest BCUT2D eigenvalue weighted by Gasteiger charge is 2.22. The first kappa shape index (κ1) is 22.5. The lowest BCUT2D eigenvalue weighted by Crippen LogP contribution is -2.42. The molecule has 1 aliphatic heterocycles. The summed E-state index contributed by atoms with van der Waals surface area (Å²) >= 11 is 0. The van der Waals surface area contributed by atoms with Gasteiger partial charge in [0.15, 0.2) is 17.5 Å². The van der Waals surface area contributed by atoms with Crippen LogP contribution in [0.4, 0.5) is 0 Å². The molecule has 0 saturated heterocycles. The highest BCUT2D eigenvalue weighted by molar-refractivity contribution is 5.80. The van der Waals surface area contributed by atoms with E-state index in [1.807, 2.05) is 48.2 Å². The number of carbonyl (C=O) groups excluding carboxylic acids is 1. The molecule has 166 valence electrons. The number of nitrogens with one attached hydrogen (secondary N) is 2. The van der Waals surface area contributed by atoms with Crippen LogP contribution >= 0.6 is 0 Å². The summed E-state index contributed by atoms with van der Waals surface area (Å²) in [5.41, 5.74) is 2.51. The lowest BCUT2D eigenvalue weighted by molar-refractivity contribution is -0.131. The first-order valence-electron chi connectivity index (χ1n) is 10.7. The first-order valence-corrected chi connectivity index (χ1v) is 10.7. The SMILES string of the molecule is CN=C(NCCCC(=O)N1Cc2ccccc2C1)NCC(C)Oc1ccccc1OC. The Morgan fingerprint density at radius 1 is 1.06 bits per heavy atom. The fourth-order valence-corrected chi connectivity index (χ4v) is 3.55. The molecular formula is C24H32N4O3. The molecule has 0 radical (unpaired) electrons. The van der Waals surface area contributed by atoms with Gasteiger partial charge in [-0.05, 0) is 36.6 Å². The van der Waals surface area contributed by atoms with Crippen molar-refractivity contribution in [2.45, 2.75) is 39.0 Å². The number of methoxy groups -OCH3 is 1. The number of carbonyl (C=O) groups is 1. The third-order valence-corrected chi connectivity index (χ3v) is 5.23. The normalized spacial score (nSPS) is 14.0. The fraction of sp³-hybridized carbons (Fsp3) is 0.417. The van der Waals surface area contributed by atoms with Crippen molar-refractivity contribution < 1.29 is 14.3 Å². The predicted molar refractivity (Wildman–Crippen MR) is 122 cm³/mol. The van der Waals surface area contributed by atoms with Gasteiger partial charge in [-0.15, -0.1) is 0 Å². The molecule has 1 amide bonds. The molecule has 1 unspecified atom stereocenters. The van der Waals surface area contributed by atoms with Crippen LogP contribution in [0.2, 0.25) is 0 Å². The van der Waals surface area contributed by atoms with E-state index < -0.39 is 0 Å². The third-order valence-electron chi connectivity index (χ3n) is 5.23. The van der Waals surface area contributed by atoms with Gasteiger partial charge in [0.2, 0.25) is 5.91 Å². The van der Waals surface area contributed by atoms with Crippen LogP contribution in [0.25, 0.3) is 0 Å². The van der Waals surface area contributed by atoms with E-state index in [-0.39, 0.29) is 12.0 Å². The van der Waals surface area contributed by atoms with Crippen molar-refractivity contribution in [1.82, 2.24) is 15.5 Å². The van der Waals surface area contributed by atoms with Crippen molar-refractivity contribution in [2.24, 2.45) is 4.99 Å². The summed E-state index contributed by atoms with van der Waals surface area (Å²) in [7, 11) is 3.36. The summed E-state index contributed by atoms with van der Waals surface area (Å²) in [5, 5.41) is 6.52. The van der Waals surface area contributed by atoms with Crippen molar-refractivity contribution in [2.75, 3.05) is 27.2 Å². The maximum Gasteiger partial charge on any atom is 0.223 e. The number of amides is 1. The van der Waals surface area contributed by atoms with Gasteiger partial charge in [-0.1, -0.05) is 36.4 Å². The monoisotopic (exact) mass is 424 g/mol. The van der Waals surface area contributed by atoms with E-state index in [9.17, 15) is 4.79 Å². The number of para-hydroxylation sites is 2. The minimum Gasteiger partial charge on any atom is -0.493 e. The second-order valence-electron chi connectivity index (χ2n) is 7.58. The van der Waals surface area contributed by atoms with Crippen molar-refractivity contribution in [3.63, 3.8) is 0 Å². The molecule has 1 heterocycles. The van der Waals surface area contributed by atoms with Crippen LogP contribution in [-0.4, -0.2) is 50.1 Å². The molecule has 1 aliphatic rings. The van der Waals surface area contributed by atoms with E-state index in [1.54, 1.807) is 14.2 Å². The Hall–Kier alpha value is -3.22. The smallest absolute Gasteiger partial charge is 0.223 e. The summed E-state index contributed by atoms with van der Waals surface area (Å²) in [5.74, 6) is 2.31. The molecule has 0 bridgehead atoms. The first-order chi connectivity index (χ1) is 15.1. The summed E-state index contributed by atoms with van der Waals surface area (Å²) in [6, 6.07) is 15.8. The van der Waals surface area contributed by atoms with Crippen LogP contribution in [0.1, 0.15) is 30.9 Å². The number of rotatable bonds is 9. The number of hydrogen-bond donors (Lipinski definition) is 2. The largest absolute Gasteiger partial charge is 0.493 e. The Morgan fingerprint density at radius 3 is 2.35 bits per heavy atom. The topological polar surface area (TPSA) is 75.2 Å². The van der Waals surface area contributed by atoms with E-state index in [2.05, 4.69) is 27.8 Å². The van der Waals surface area contributed by atoms with Gasteiger partial charge in [-0.25, -0.2) is 0 Å². The number of guanidine groups is 1. The van der Waals surface area contributed by atoms with Crippen LogP contribution in [-0.2, 0) is 17.9 Å². The van der Waals surface area contributed by atoms with Crippen LogP contribution in [0, 0.1) is 0 Å². The molecule has 0 spiro atoms. The minimum atomic E-state index is -0.0757. The Kier molecular flexibility index (Phi) is 8.15. The van der Waals surface area contributed by atoms with Crippen LogP contribution < -0.4 is 20.1 Å². The zero-order chi connectivity index (χ0) is 22.1. The number of hydrogen-bond acceptors (Lipinski definition) is 4. The predicted octanol–water partition coefficient (Wildman–Crippen LogP) is 2.95. The van der Waals surface area contributed by atoms with Crippen LogP contribution in [0.15, 0.2) is 53.5 Å². The second-order valence-corrected chi connectivity index (χ2v) is 7.58. The number of ether oxygens (including phenoxy) is 2. The molecule has 2 aromatic carbocycles. The van der Waals surface area contributed by atoms with Gasteiger partial charge in [-0.2, -0.15) is 0 Å². The molecule has 0 aliphatic carbocycles. The second kappa shape index (κ2) is 11.2. The Bertz CT molecular complexity index is 875. The van der Waals surface area contributed by atoms with Crippen molar-refractivity contribution in [1.29, 1.82) is 0 Å². The molecule has 2 aromatic rings. The van der Waals surface area contributed by atoms with E-state index >= 15 is 0 Å². The molecule has 7 heteroatoms. The average Bonchev–Trinajstić information content (AvgIpc) is 3.23. The van der Waals surface area contributed by atoms with Crippen LogP contribution in [0.5, 0.6) is 11.5 Å². The summed E-state index contributed by atoms with van der Waals surface area (Å²) in [4.78, 5) is 18.7. The minimum absolute atomic E-state index is 0.0757.